The molecule has 0 aromatic carbocycles. The van der Waals surface area contributed by atoms with Gasteiger partial charge >= 0.3 is 5.97 Å². The Bertz CT molecular complexity index is 618. The predicted molar refractivity (Wildman–Crippen MR) is 68.1 cm³/mol. The first-order valence-electron chi connectivity index (χ1n) is 6.36. The molecule has 0 bridgehead atoms. The zero-order valence-corrected chi connectivity index (χ0v) is 10.7. The van der Waals surface area contributed by atoms with Crippen molar-refractivity contribution < 1.29 is 9.90 Å². The lowest BCUT2D eigenvalue weighted by Gasteiger charge is -2.38. The summed E-state index contributed by atoms with van der Waals surface area (Å²) in [7, 11) is 0. The highest BCUT2D eigenvalue weighted by Crippen LogP contribution is 2.25. The fourth-order valence-corrected chi connectivity index (χ4v) is 2.28. The Morgan fingerprint density at radius 3 is 3.00 bits per heavy atom. The van der Waals surface area contributed by atoms with Gasteiger partial charge in [-0.1, -0.05) is 13.3 Å². The minimum Gasteiger partial charge on any atom is -0.481 e. The summed E-state index contributed by atoms with van der Waals surface area (Å²) in [5, 5.41) is 13.1. The molecule has 0 amide bonds. The van der Waals surface area contributed by atoms with E-state index in [1.807, 2.05) is 11.0 Å². The molecular weight excluding hydrogens is 246 g/mol. The zero-order chi connectivity index (χ0) is 13.4. The standard InChI is InChI=1S/C12H15N5O2/c1-2-3-9-4-10(16-5-8(6-16)11(18)19)17-12(15-9)13-7-14-17/h4,7-8H,2-3,5-6H2,1H3,(H,18,19). The molecule has 2 aromatic rings. The number of aromatic nitrogens is 4. The maximum atomic E-state index is 10.9. The minimum atomic E-state index is -0.742. The first-order valence-corrected chi connectivity index (χ1v) is 6.36. The second-order valence-electron chi connectivity index (χ2n) is 4.77. The van der Waals surface area contributed by atoms with E-state index in [0.29, 0.717) is 18.9 Å². The van der Waals surface area contributed by atoms with E-state index in [4.69, 9.17) is 5.11 Å². The van der Waals surface area contributed by atoms with Gasteiger partial charge in [0.25, 0.3) is 5.78 Å². The van der Waals surface area contributed by atoms with Crippen LogP contribution in [0.15, 0.2) is 12.4 Å². The van der Waals surface area contributed by atoms with E-state index in [1.165, 1.54) is 6.33 Å². The first-order chi connectivity index (χ1) is 9.19. The summed E-state index contributed by atoms with van der Waals surface area (Å²) in [6.07, 6.45) is 3.36. The summed E-state index contributed by atoms with van der Waals surface area (Å²) in [4.78, 5) is 21.4. The Morgan fingerprint density at radius 2 is 2.32 bits per heavy atom. The number of hydrogen-bond acceptors (Lipinski definition) is 5. The third-order valence-corrected chi connectivity index (χ3v) is 3.35. The van der Waals surface area contributed by atoms with Gasteiger partial charge in [0.1, 0.15) is 12.1 Å². The van der Waals surface area contributed by atoms with Crippen molar-refractivity contribution in [1.82, 2.24) is 19.6 Å². The van der Waals surface area contributed by atoms with Crippen LogP contribution in [-0.2, 0) is 11.2 Å². The number of aliphatic carboxylic acids is 1. The van der Waals surface area contributed by atoms with Gasteiger partial charge < -0.3 is 10.0 Å². The summed E-state index contributed by atoms with van der Waals surface area (Å²) in [6.45, 7) is 3.12. The van der Waals surface area contributed by atoms with Gasteiger partial charge in [-0.25, -0.2) is 4.98 Å². The molecule has 2 aromatic heterocycles. The number of hydrogen-bond donors (Lipinski definition) is 1. The molecule has 0 atom stereocenters. The quantitative estimate of drug-likeness (QED) is 0.867. The van der Waals surface area contributed by atoms with Gasteiger partial charge in [0.2, 0.25) is 0 Å². The Kier molecular flexibility index (Phi) is 2.81. The Balaban J connectivity index is 1.93. The Labute approximate surface area is 109 Å². The fraction of sp³-hybridized carbons (Fsp3) is 0.500. The molecule has 1 aliphatic heterocycles. The number of aryl methyl sites for hydroxylation is 1. The van der Waals surface area contributed by atoms with Crippen molar-refractivity contribution in [1.29, 1.82) is 0 Å². The molecule has 0 saturated carbocycles. The number of nitrogens with zero attached hydrogens (tertiary/aromatic N) is 5. The second kappa shape index (κ2) is 4.49. The average molecular weight is 261 g/mol. The Morgan fingerprint density at radius 1 is 1.53 bits per heavy atom. The van der Waals surface area contributed by atoms with Gasteiger partial charge in [-0.2, -0.15) is 14.6 Å². The molecule has 7 nitrogen and oxygen atoms in total. The summed E-state index contributed by atoms with van der Waals surface area (Å²) >= 11 is 0. The van der Waals surface area contributed by atoms with Crippen LogP contribution in [0.5, 0.6) is 0 Å². The van der Waals surface area contributed by atoms with Gasteiger partial charge in [-0.05, 0) is 6.42 Å². The Hall–Kier alpha value is -2.18. The van der Waals surface area contributed by atoms with Crippen molar-refractivity contribution in [2.75, 3.05) is 18.0 Å². The van der Waals surface area contributed by atoms with Gasteiger partial charge in [0.05, 0.1) is 5.92 Å². The molecule has 3 rings (SSSR count). The van der Waals surface area contributed by atoms with Crippen LogP contribution in [0.2, 0.25) is 0 Å². The van der Waals surface area contributed by atoms with Gasteiger partial charge in [0.15, 0.2) is 0 Å². The number of carboxylic acid groups (broad SMARTS) is 1. The molecule has 0 aliphatic carbocycles. The fourth-order valence-electron chi connectivity index (χ4n) is 2.28. The van der Waals surface area contributed by atoms with Crippen LogP contribution >= 0.6 is 0 Å². The van der Waals surface area contributed by atoms with Gasteiger partial charge in [-0.15, -0.1) is 0 Å². The topological polar surface area (TPSA) is 83.6 Å². The van der Waals surface area contributed by atoms with Gasteiger partial charge in [-0.3, -0.25) is 4.79 Å². The summed E-state index contributed by atoms with van der Waals surface area (Å²) in [6, 6.07) is 1.98. The third-order valence-electron chi connectivity index (χ3n) is 3.35. The van der Waals surface area contributed by atoms with E-state index in [2.05, 4.69) is 22.0 Å². The normalized spacial score (nSPS) is 15.7. The lowest BCUT2D eigenvalue weighted by molar-refractivity contribution is -0.142. The van der Waals surface area contributed by atoms with Crippen LogP contribution in [-0.4, -0.2) is 43.7 Å². The highest BCUT2D eigenvalue weighted by Gasteiger charge is 2.34. The second-order valence-corrected chi connectivity index (χ2v) is 4.77. The monoisotopic (exact) mass is 261 g/mol. The predicted octanol–water partition coefficient (Wildman–Crippen LogP) is 0.598. The molecule has 19 heavy (non-hydrogen) atoms. The van der Waals surface area contributed by atoms with Crippen LogP contribution in [0, 0.1) is 5.92 Å². The summed E-state index contributed by atoms with van der Waals surface area (Å²) in [5.41, 5.74) is 0.969. The number of anilines is 1. The number of fused-ring (bicyclic) bond motifs is 1. The summed E-state index contributed by atoms with van der Waals surface area (Å²) < 4.78 is 1.66. The van der Waals surface area contributed by atoms with Gasteiger partial charge in [0, 0.05) is 24.8 Å². The third kappa shape index (κ3) is 2.00. The lowest BCUT2D eigenvalue weighted by atomic mass is 10.0. The highest BCUT2D eigenvalue weighted by molar-refractivity contribution is 5.74. The summed E-state index contributed by atoms with van der Waals surface area (Å²) in [5.74, 6) is 0.415. The van der Waals surface area contributed by atoms with Crippen molar-refractivity contribution >= 4 is 17.6 Å². The van der Waals surface area contributed by atoms with Crippen LogP contribution in [0.25, 0.3) is 5.78 Å². The molecule has 100 valence electrons. The van der Waals surface area contributed by atoms with E-state index in [-0.39, 0.29) is 5.92 Å². The molecule has 0 unspecified atom stereocenters. The largest absolute Gasteiger partial charge is 0.481 e. The van der Waals surface area contributed by atoms with Crippen molar-refractivity contribution in [3.8, 4) is 0 Å². The van der Waals surface area contributed by atoms with Crippen LogP contribution in [0.3, 0.4) is 0 Å². The lowest BCUT2D eigenvalue weighted by Crippen LogP contribution is -2.51. The van der Waals surface area contributed by atoms with E-state index < -0.39 is 5.97 Å². The van der Waals surface area contributed by atoms with Crippen LogP contribution in [0.4, 0.5) is 5.82 Å². The molecule has 0 spiro atoms. The number of rotatable bonds is 4. The molecule has 1 N–H and O–H groups in total. The van der Waals surface area contributed by atoms with Crippen LogP contribution in [0.1, 0.15) is 19.0 Å². The maximum Gasteiger partial charge on any atom is 0.310 e. The molecule has 3 heterocycles. The minimum absolute atomic E-state index is 0.290. The zero-order valence-electron chi connectivity index (χ0n) is 10.7. The molecule has 0 radical (unpaired) electrons. The number of carbonyl (C=O) groups is 1. The first kappa shape index (κ1) is 11.9. The van der Waals surface area contributed by atoms with E-state index in [1.54, 1.807) is 4.52 Å². The smallest absolute Gasteiger partial charge is 0.310 e. The maximum absolute atomic E-state index is 10.9. The van der Waals surface area contributed by atoms with Crippen LogP contribution < -0.4 is 4.90 Å². The van der Waals surface area contributed by atoms with Crippen molar-refractivity contribution in [2.45, 2.75) is 19.8 Å². The molecule has 1 aliphatic rings. The number of carboxylic acids is 1. The van der Waals surface area contributed by atoms with E-state index >= 15 is 0 Å². The molecule has 7 heteroatoms. The van der Waals surface area contributed by atoms with Crippen molar-refractivity contribution in [3.63, 3.8) is 0 Å². The van der Waals surface area contributed by atoms with Crippen molar-refractivity contribution in [3.05, 3.63) is 18.1 Å². The SMILES string of the molecule is CCCc1cc(N2CC(C(=O)O)C2)n2ncnc2n1. The molecule has 1 fully saturated rings. The molecule has 1 saturated heterocycles. The van der Waals surface area contributed by atoms with E-state index in [0.717, 1.165) is 24.4 Å². The average Bonchev–Trinajstić information content (AvgIpc) is 2.74. The van der Waals surface area contributed by atoms with Crippen molar-refractivity contribution in [2.24, 2.45) is 5.92 Å². The highest BCUT2D eigenvalue weighted by atomic mass is 16.4. The molecular formula is C12H15N5O2. The van der Waals surface area contributed by atoms with E-state index in [9.17, 15) is 4.79 Å².